The van der Waals surface area contributed by atoms with Gasteiger partial charge in [0.1, 0.15) is 6.61 Å². The zero-order valence-corrected chi connectivity index (χ0v) is 14.0. The summed E-state index contributed by atoms with van der Waals surface area (Å²) in [4.78, 5) is 12.0. The number of ketones is 1. The summed E-state index contributed by atoms with van der Waals surface area (Å²) in [6.07, 6.45) is 0.231. The number of carbonyl (C=O) groups excluding carboxylic acids is 1. The Balaban J connectivity index is 1.94. The number of hydrogen-bond acceptors (Lipinski definition) is 3. The maximum atomic E-state index is 12.3. The average molecular weight is 315 g/mol. The number of rotatable bonds is 6. The summed E-state index contributed by atoms with van der Waals surface area (Å²) in [5.41, 5.74) is 3.95. The summed E-state index contributed by atoms with van der Waals surface area (Å²) < 4.78 is 17.6. The van der Waals surface area contributed by atoms with Crippen LogP contribution in [0, 0.1) is 20.8 Å². The molecular formula is C18H20O3P+. The molecule has 0 N–H and O–H groups in total. The molecule has 4 heteroatoms. The Morgan fingerprint density at radius 1 is 1.00 bits per heavy atom. The molecule has 0 radical (unpaired) electrons. The van der Waals surface area contributed by atoms with Crippen molar-refractivity contribution in [2.75, 3.05) is 6.61 Å². The molecule has 22 heavy (non-hydrogen) atoms. The van der Waals surface area contributed by atoms with Crippen molar-refractivity contribution in [1.29, 1.82) is 0 Å². The monoisotopic (exact) mass is 315 g/mol. The van der Waals surface area contributed by atoms with E-state index in [-0.39, 0.29) is 18.8 Å². The van der Waals surface area contributed by atoms with Crippen LogP contribution in [0.1, 0.15) is 33.5 Å². The highest BCUT2D eigenvalue weighted by Gasteiger charge is 2.26. The Morgan fingerprint density at radius 2 is 1.68 bits per heavy atom. The van der Waals surface area contributed by atoms with Crippen molar-refractivity contribution in [3.05, 3.63) is 64.7 Å². The lowest BCUT2D eigenvalue weighted by atomic mass is 10.1. The molecule has 114 valence electrons. The Morgan fingerprint density at radius 3 is 2.36 bits per heavy atom. The van der Waals surface area contributed by atoms with Crippen molar-refractivity contribution in [3.63, 3.8) is 0 Å². The minimum Gasteiger partial charge on any atom is -0.294 e. The van der Waals surface area contributed by atoms with E-state index in [4.69, 9.17) is 4.52 Å². The largest absolute Gasteiger partial charge is 0.549 e. The number of Topliss-reactive ketones (excluding diaryl/α,β-unsaturated/α-hetero) is 1. The van der Waals surface area contributed by atoms with E-state index in [0.717, 1.165) is 11.1 Å². The lowest BCUT2D eigenvalue weighted by molar-refractivity contribution is 0.0965. The first kappa shape index (κ1) is 16.5. The number of carbonyl (C=O) groups is 1. The Kier molecular flexibility index (Phi) is 5.59. The molecule has 0 heterocycles. The van der Waals surface area contributed by atoms with E-state index in [1.165, 1.54) is 5.56 Å². The van der Waals surface area contributed by atoms with Crippen molar-refractivity contribution in [2.24, 2.45) is 0 Å². The van der Waals surface area contributed by atoms with Gasteiger partial charge < -0.3 is 0 Å². The van der Waals surface area contributed by atoms with Crippen LogP contribution < -0.4 is 5.30 Å². The first-order valence-electron chi connectivity index (χ1n) is 7.26. The molecule has 1 atom stereocenters. The second-order valence-electron chi connectivity index (χ2n) is 5.28. The third kappa shape index (κ3) is 3.88. The Hall–Kier alpha value is -1.83. The van der Waals surface area contributed by atoms with Gasteiger partial charge in [0, 0.05) is 17.5 Å². The van der Waals surface area contributed by atoms with Gasteiger partial charge in [0.15, 0.2) is 5.78 Å². The number of aryl methyl sites for hydroxylation is 1. The lowest BCUT2D eigenvalue weighted by Crippen LogP contribution is -2.08. The van der Waals surface area contributed by atoms with Gasteiger partial charge in [-0.3, -0.25) is 4.79 Å². The molecule has 0 fully saturated rings. The van der Waals surface area contributed by atoms with Crippen LogP contribution in [-0.2, 0) is 9.09 Å². The zero-order chi connectivity index (χ0) is 16.1. The molecule has 2 aromatic carbocycles. The summed E-state index contributed by atoms with van der Waals surface area (Å²) in [6.45, 7) is 6.15. The predicted molar refractivity (Wildman–Crippen MR) is 89.2 cm³/mol. The van der Waals surface area contributed by atoms with Crippen LogP contribution >= 0.6 is 8.03 Å². The van der Waals surface area contributed by atoms with Crippen LogP contribution in [0.5, 0.6) is 0 Å². The molecule has 3 nitrogen and oxygen atoms in total. The SMILES string of the molecule is Cc1ccc([P+](=O)OCCC(=O)c2ccccc2)c(C)c1C. The molecule has 0 aliphatic carbocycles. The van der Waals surface area contributed by atoms with Gasteiger partial charge in [-0.25, -0.2) is 0 Å². The Labute approximate surface area is 132 Å². The Bertz CT molecular complexity index is 693. The minimum absolute atomic E-state index is 0.000749. The first-order valence-corrected chi connectivity index (χ1v) is 8.43. The van der Waals surface area contributed by atoms with Gasteiger partial charge in [-0.05, 0) is 42.5 Å². The molecule has 0 saturated carbocycles. The highest BCUT2D eigenvalue weighted by Crippen LogP contribution is 2.26. The first-order chi connectivity index (χ1) is 10.5. The minimum atomic E-state index is -1.93. The van der Waals surface area contributed by atoms with E-state index in [2.05, 4.69) is 0 Å². The quantitative estimate of drug-likeness (QED) is 0.590. The third-order valence-electron chi connectivity index (χ3n) is 3.86. The van der Waals surface area contributed by atoms with Crippen molar-refractivity contribution in [3.8, 4) is 0 Å². The summed E-state index contributed by atoms with van der Waals surface area (Å²) in [5, 5.41) is 0.713. The van der Waals surface area contributed by atoms with Crippen molar-refractivity contribution >= 4 is 19.1 Å². The molecular weight excluding hydrogens is 295 g/mol. The maximum Gasteiger partial charge on any atom is 0.549 e. The van der Waals surface area contributed by atoms with Crippen molar-refractivity contribution in [1.82, 2.24) is 0 Å². The van der Waals surface area contributed by atoms with E-state index < -0.39 is 8.03 Å². The van der Waals surface area contributed by atoms with Crippen LogP contribution in [0.2, 0.25) is 0 Å². The third-order valence-corrected chi connectivity index (χ3v) is 5.15. The molecule has 0 spiro atoms. The molecule has 0 bridgehead atoms. The summed E-state index contributed by atoms with van der Waals surface area (Å²) in [6, 6.07) is 12.9. The molecule has 0 aliphatic heterocycles. The van der Waals surface area contributed by atoms with E-state index >= 15 is 0 Å². The van der Waals surface area contributed by atoms with Gasteiger partial charge in [-0.15, -0.1) is 4.52 Å². The van der Waals surface area contributed by atoms with Gasteiger partial charge in [-0.2, -0.15) is 0 Å². The average Bonchev–Trinajstić information content (AvgIpc) is 2.53. The van der Waals surface area contributed by atoms with E-state index in [9.17, 15) is 9.36 Å². The van der Waals surface area contributed by atoms with Gasteiger partial charge in [0.2, 0.25) is 5.30 Å². The fourth-order valence-electron chi connectivity index (χ4n) is 2.20. The van der Waals surface area contributed by atoms with Crippen molar-refractivity contribution in [2.45, 2.75) is 27.2 Å². The normalized spacial score (nSPS) is 11.3. The molecule has 2 aromatic rings. The van der Waals surface area contributed by atoms with E-state index in [1.807, 2.05) is 51.1 Å². The number of benzene rings is 2. The van der Waals surface area contributed by atoms with Crippen LogP contribution in [0.4, 0.5) is 0 Å². The van der Waals surface area contributed by atoms with E-state index in [1.54, 1.807) is 12.1 Å². The standard InChI is InChI=1S/C18H20O3P/c1-13-9-10-18(15(3)14(13)2)22(20)21-12-11-17(19)16-7-5-4-6-8-16/h4-10H,11-12H2,1-3H3/q+1. The van der Waals surface area contributed by atoms with Gasteiger partial charge in [0.05, 0.1) is 0 Å². The molecule has 0 amide bonds. The second kappa shape index (κ2) is 7.44. The summed E-state index contributed by atoms with van der Waals surface area (Å²) in [5.74, 6) is 0.000749. The predicted octanol–water partition coefficient (Wildman–Crippen LogP) is 4.27. The number of hydrogen-bond donors (Lipinski definition) is 0. The van der Waals surface area contributed by atoms with Gasteiger partial charge >= 0.3 is 8.03 Å². The summed E-state index contributed by atoms with van der Waals surface area (Å²) in [7, 11) is -1.93. The molecule has 1 unspecified atom stereocenters. The van der Waals surface area contributed by atoms with Crippen LogP contribution in [0.25, 0.3) is 0 Å². The van der Waals surface area contributed by atoms with Crippen molar-refractivity contribution < 1.29 is 13.9 Å². The highest BCUT2D eigenvalue weighted by atomic mass is 31.1. The fraction of sp³-hybridized carbons (Fsp3) is 0.278. The van der Waals surface area contributed by atoms with Gasteiger partial charge in [-0.1, -0.05) is 36.4 Å². The maximum absolute atomic E-state index is 12.3. The molecule has 0 saturated heterocycles. The molecule has 0 aromatic heterocycles. The summed E-state index contributed by atoms with van der Waals surface area (Å²) >= 11 is 0. The van der Waals surface area contributed by atoms with E-state index in [0.29, 0.717) is 10.9 Å². The topological polar surface area (TPSA) is 43.4 Å². The van der Waals surface area contributed by atoms with Crippen LogP contribution in [0.15, 0.2) is 42.5 Å². The van der Waals surface area contributed by atoms with Crippen LogP contribution in [-0.4, -0.2) is 12.4 Å². The smallest absolute Gasteiger partial charge is 0.294 e. The van der Waals surface area contributed by atoms with Crippen LogP contribution in [0.3, 0.4) is 0 Å². The molecule has 2 rings (SSSR count). The van der Waals surface area contributed by atoms with Gasteiger partial charge in [0.25, 0.3) is 0 Å². The highest BCUT2D eigenvalue weighted by molar-refractivity contribution is 7.48. The fourth-order valence-corrected chi connectivity index (χ4v) is 3.23. The lowest BCUT2D eigenvalue weighted by Gasteiger charge is -2.03. The zero-order valence-electron chi connectivity index (χ0n) is 13.1. The molecule has 0 aliphatic rings. The second-order valence-corrected chi connectivity index (χ2v) is 6.54.